The Kier molecular flexibility index (Phi) is 3.90. The highest BCUT2D eigenvalue weighted by Crippen LogP contribution is 2.22. The maximum atomic E-state index is 9.66. The van der Waals surface area contributed by atoms with Crippen LogP contribution < -0.4 is 0 Å². The standard InChI is InChI=1S/C14H11Cl2NO/c1-9-2-5-14(18)13(17-9)4-3-10-6-11(15)8-12(16)7-10/h2-8,18H,1H3. The highest BCUT2D eigenvalue weighted by molar-refractivity contribution is 6.34. The smallest absolute Gasteiger partial charge is 0.141 e. The van der Waals surface area contributed by atoms with Crippen molar-refractivity contribution < 1.29 is 5.11 Å². The number of rotatable bonds is 2. The highest BCUT2D eigenvalue weighted by atomic mass is 35.5. The monoisotopic (exact) mass is 279 g/mol. The van der Waals surface area contributed by atoms with Gasteiger partial charge in [-0.25, -0.2) is 4.98 Å². The summed E-state index contributed by atoms with van der Waals surface area (Å²) in [6.45, 7) is 1.87. The minimum atomic E-state index is 0.143. The fourth-order valence-electron chi connectivity index (χ4n) is 1.54. The lowest BCUT2D eigenvalue weighted by Gasteiger charge is -2.00. The van der Waals surface area contributed by atoms with Crippen molar-refractivity contribution in [1.29, 1.82) is 0 Å². The van der Waals surface area contributed by atoms with Crippen LogP contribution in [-0.2, 0) is 0 Å². The lowest BCUT2D eigenvalue weighted by Crippen LogP contribution is -1.85. The van der Waals surface area contributed by atoms with Gasteiger partial charge in [0.15, 0.2) is 0 Å². The van der Waals surface area contributed by atoms with Gasteiger partial charge in [0.2, 0.25) is 0 Å². The maximum absolute atomic E-state index is 9.66. The third-order valence-corrected chi connectivity index (χ3v) is 2.80. The molecule has 0 amide bonds. The predicted molar refractivity (Wildman–Crippen MR) is 76.0 cm³/mol. The van der Waals surface area contributed by atoms with Crippen molar-refractivity contribution in [3.8, 4) is 5.75 Å². The van der Waals surface area contributed by atoms with E-state index in [0.29, 0.717) is 15.7 Å². The molecular weight excluding hydrogens is 269 g/mol. The number of benzene rings is 1. The molecule has 0 bridgehead atoms. The quantitative estimate of drug-likeness (QED) is 0.873. The summed E-state index contributed by atoms with van der Waals surface area (Å²) in [5, 5.41) is 10.8. The molecule has 2 aromatic rings. The number of aromatic hydroxyl groups is 1. The van der Waals surface area contributed by atoms with Crippen molar-refractivity contribution in [2.75, 3.05) is 0 Å². The fraction of sp³-hybridized carbons (Fsp3) is 0.0714. The van der Waals surface area contributed by atoms with Gasteiger partial charge in [0.25, 0.3) is 0 Å². The molecule has 0 radical (unpaired) electrons. The van der Waals surface area contributed by atoms with Crippen LogP contribution in [0.1, 0.15) is 17.0 Å². The van der Waals surface area contributed by atoms with Crippen molar-refractivity contribution >= 4 is 35.4 Å². The largest absolute Gasteiger partial charge is 0.506 e. The molecule has 0 atom stereocenters. The Morgan fingerprint density at radius 3 is 2.39 bits per heavy atom. The molecule has 0 aliphatic heterocycles. The van der Waals surface area contributed by atoms with E-state index in [2.05, 4.69) is 4.98 Å². The SMILES string of the molecule is Cc1ccc(O)c(C=Cc2cc(Cl)cc(Cl)c2)n1. The van der Waals surface area contributed by atoms with E-state index in [1.165, 1.54) is 0 Å². The average Bonchev–Trinajstić information content (AvgIpc) is 2.29. The second kappa shape index (κ2) is 5.42. The number of hydrogen-bond donors (Lipinski definition) is 1. The molecule has 0 aliphatic carbocycles. The average molecular weight is 280 g/mol. The second-order valence-corrected chi connectivity index (χ2v) is 4.77. The first-order valence-electron chi connectivity index (χ1n) is 5.35. The molecule has 18 heavy (non-hydrogen) atoms. The van der Waals surface area contributed by atoms with Gasteiger partial charge in [0.1, 0.15) is 11.4 Å². The molecule has 0 saturated heterocycles. The Morgan fingerprint density at radius 1 is 1.06 bits per heavy atom. The van der Waals surface area contributed by atoms with E-state index in [1.807, 2.05) is 6.92 Å². The number of nitrogens with zero attached hydrogens (tertiary/aromatic N) is 1. The van der Waals surface area contributed by atoms with E-state index in [9.17, 15) is 5.11 Å². The Balaban J connectivity index is 2.32. The summed E-state index contributed by atoms with van der Waals surface area (Å²) >= 11 is 11.8. The van der Waals surface area contributed by atoms with E-state index in [4.69, 9.17) is 23.2 Å². The summed E-state index contributed by atoms with van der Waals surface area (Å²) in [4.78, 5) is 4.23. The van der Waals surface area contributed by atoms with Crippen molar-refractivity contribution in [3.63, 3.8) is 0 Å². The Morgan fingerprint density at radius 2 is 1.72 bits per heavy atom. The number of pyridine rings is 1. The normalized spacial score (nSPS) is 11.1. The number of hydrogen-bond acceptors (Lipinski definition) is 2. The van der Waals surface area contributed by atoms with Crippen LogP contribution in [0.3, 0.4) is 0 Å². The van der Waals surface area contributed by atoms with Crippen LogP contribution >= 0.6 is 23.2 Å². The fourth-order valence-corrected chi connectivity index (χ4v) is 2.08. The third kappa shape index (κ3) is 3.25. The highest BCUT2D eigenvalue weighted by Gasteiger charge is 1.99. The Hall–Kier alpha value is -1.51. The molecule has 4 heteroatoms. The summed E-state index contributed by atoms with van der Waals surface area (Å²) in [6, 6.07) is 8.62. The van der Waals surface area contributed by atoms with Crippen LogP contribution in [0.4, 0.5) is 0 Å². The molecule has 1 aromatic heterocycles. The molecule has 2 nitrogen and oxygen atoms in total. The van der Waals surface area contributed by atoms with Gasteiger partial charge in [0, 0.05) is 15.7 Å². The van der Waals surface area contributed by atoms with Gasteiger partial charge in [-0.3, -0.25) is 0 Å². The molecule has 0 aliphatic rings. The lowest BCUT2D eigenvalue weighted by atomic mass is 10.2. The first-order chi connectivity index (χ1) is 8.54. The van der Waals surface area contributed by atoms with Gasteiger partial charge in [0.05, 0.1) is 0 Å². The summed E-state index contributed by atoms with van der Waals surface area (Å²) in [6.07, 6.45) is 3.53. The van der Waals surface area contributed by atoms with Crippen LogP contribution in [0.25, 0.3) is 12.2 Å². The molecule has 2 rings (SSSR count). The van der Waals surface area contributed by atoms with Crippen LogP contribution in [0.5, 0.6) is 5.75 Å². The number of halogens is 2. The molecule has 1 heterocycles. The minimum absolute atomic E-state index is 0.143. The Bertz CT molecular complexity index is 588. The zero-order valence-corrected chi connectivity index (χ0v) is 11.2. The van der Waals surface area contributed by atoms with E-state index in [1.54, 1.807) is 42.5 Å². The van der Waals surface area contributed by atoms with Crippen LogP contribution in [0.2, 0.25) is 10.0 Å². The second-order valence-electron chi connectivity index (χ2n) is 3.89. The van der Waals surface area contributed by atoms with Gasteiger partial charge < -0.3 is 5.11 Å². The van der Waals surface area contributed by atoms with Crippen molar-refractivity contribution in [2.45, 2.75) is 6.92 Å². The molecule has 0 spiro atoms. The summed E-state index contributed by atoms with van der Waals surface area (Å²) < 4.78 is 0. The zero-order valence-electron chi connectivity index (χ0n) is 9.69. The van der Waals surface area contributed by atoms with Gasteiger partial charge >= 0.3 is 0 Å². The van der Waals surface area contributed by atoms with E-state index in [-0.39, 0.29) is 5.75 Å². The number of aromatic nitrogens is 1. The topological polar surface area (TPSA) is 33.1 Å². The molecule has 0 saturated carbocycles. The molecule has 0 fully saturated rings. The van der Waals surface area contributed by atoms with Gasteiger partial charge in [-0.15, -0.1) is 0 Å². The molecule has 1 N–H and O–H groups in total. The number of aryl methyl sites for hydroxylation is 1. The first kappa shape index (κ1) is 12.9. The first-order valence-corrected chi connectivity index (χ1v) is 6.11. The molecule has 0 unspecified atom stereocenters. The summed E-state index contributed by atoms with van der Waals surface area (Å²) in [5.74, 6) is 0.143. The van der Waals surface area contributed by atoms with Gasteiger partial charge in [-0.05, 0) is 48.9 Å². The minimum Gasteiger partial charge on any atom is -0.506 e. The maximum Gasteiger partial charge on any atom is 0.141 e. The molecule has 92 valence electrons. The molecular formula is C14H11Cl2NO. The lowest BCUT2D eigenvalue weighted by molar-refractivity contribution is 0.471. The third-order valence-electron chi connectivity index (χ3n) is 2.36. The van der Waals surface area contributed by atoms with Crippen LogP contribution in [0.15, 0.2) is 30.3 Å². The Labute approximate surface area is 116 Å². The van der Waals surface area contributed by atoms with E-state index >= 15 is 0 Å². The summed E-state index contributed by atoms with van der Waals surface area (Å²) in [7, 11) is 0. The van der Waals surface area contributed by atoms with E-state index < -0.39 is 0 Å². The van der Waals surface area contributed by atoms with E-state index in [0.717, 1.165) is 11.3 Å². The predicted octanol–water partition coefficient (Wildman–Crippen LogP) is 4.57. The van der Waals surface area contributed by atoms with Gasteiger partial charge in [-0.1, -0.05) is 29.3 Å². The van der Waals surface area contributed by atoms with Crippen molar-refractivity contribution in [2.24, 2.45) is 0 Å². The van der Waals surface area contributed by atoms with Gasteiger partial charge in [-0.2, -0.15) is 0 Å². The van der Waals surface area contributed by atoms with Crippen LogP contribution in [-0.4, -0.2) is 10.1 Å². The van der Waals surface area contributed by atoms with Crippen molar-refractivity contribution in [1.82, 2.24) is 4.98 Å². The summed E-state index contributed by atoms with van der Waals surface area (Å²) in [5.41, 5.74) is 2.22. The zero-order chi connectivity index (χ0) is 13.1. The van der Waals surface area contributed by atoms with Crippen LogP contribution in [0, 0.1) is 6.92 Å². The molecule has 1 aromatic carbocycles. The van der Waals surface area contributed by atoms with Crippen molar-refractivity contribution in [3.05, 3.63) is 57.3 Å².